The molecule has 35 heavy (non-hydrogen) atoms. The Morgan fingerprint density at radius 1 is 1.09 bits per heavy atom. The first-order chi connectivity index (χ1) is 17.0. The van der Waals surface area contributed by atoms with E-state index in [4.69, 9.17) is 14.6 Å². The van der Waals surface area contributed by atoms with E-state index in [0.717, 1.165) is 33.6 Å². The van der Waals surface area contributed by atoms with Crippen LogP contribution in [0.4, 0.5) is 4.79 Å². The Morgan fingerprint density at radius 2 is 1.74 bits per heavy atom. The number of carbonyl (C=O) groups excluding carboxylic acids is 2. The number of carboxylic acid groups (broad SMARTS) is 1. The van der Waals surface area contributed by atoms with Gasteiger partial charge in [-0.15, -0.1) is 11.3 Å². The predicted octanol–water partition coefficient (Wildman–Crippen LogP) is 3.36. The van der Waals surface area contributed by atoms with Crippen molar-refractivity contribution in [2.24, 2.45) is 0 Å². The average molecular weight is 496 g/mol. The van der Waals surface area contributed by atoms with Gasteiger partial charge in [0.05, 0.1) is 19.3 Å². The number of benzene rings is 2. The van der Waals surface area contributed by atoms with Crippen molar-refractivity contribution in [2.45, 2.75) is 12.5 Å². The second kappa shape index (κ2) is 11.1. The van der Waals surface area contributed by atoms with E-state index < -0.39 is 24.5 Å². The third kappa shape index (κ3) is 5.67. The molecule has 0 fully saturated rings. The SMILES string of the molecule is COCCN(CC(=O)O)C(=O)c1cnc(CNC(=O)OCC2c3ccccc3-c3ccccc32)s1. The molecule has 1 aromatic heterocycles. The fourth-order valence-electron chi connectivity index (χ4n) is 4.06. The van der Waals surface area contributed by atoms with E-state index in [1.165, 1.54) is 18.2 Å². The van der Waals surface area contributed by atoms with E-state index in [9.17, 15) is 14.4 Å². The Morgan fingerprint density at radius 3 is 2.37 bits per heavy atom. The van der Waals surface area contributed by atoms with Crippen LogP contribution in [0.2, 0.25) is 0 Å². The van der Waals surface area contributed by atoms with Gasteiger partial charge in [0, 0.05) is 19.6 Å². The lowest BCUT2D eigenvalue weighted by Crippen LogP contribution is -2.37. The Bertz CT molecular complexity index is 1180. The minimum Gasteiger partial charge on any atom is -0.480 e. The number of aliphatic carboxylic acids is 1. The van der Waals surface area contributed by atoms with E-state index >= 15 is 0 Å². The van der Waals surface area contributed by atoms with Crippen LogP contribution in [0.25, 0.3) is 11.1 Å². The minimum absolute atomic E-state index is 0.0374. The van der Waals surface area contributed by atoms with Crippen LogP contribution in [0.3, 0.4) is 0 Å². The van der Waals surface area contributed by atoms with Crippen LogP contribution in [0.5, 0.6) is 0 Å². The summed E-state index contributed by atoms with van der Waals surface area (Å²) >= 11 is 1.09. The maximum absolute atomic E-state index is 12.7. The molecule has 3 aromatic rings. The summed E-state index contributed by atoms with van der Waals surface area (Å²) in [6, 6.07) is 16.2. The van der Waals surface area contributed by atoms with Crippen LogP contribution < -0.4 is 5.32 Å². The summed E-state index contributed by atoms with van der Waals surface area (Å²) < 4.78 is 10.5. The number of amides is 2. The molecule has 2 aromatic carbocycles. The number of thiazole rings is 1. The van der Waals surface area contributed by atoms with E-state index in [1.54, 1.807) is 0 Å². The summed E-state index contributed by atoms with van der Waals surface area (Å²) in [5.74, 6) is -1.60. The molecule has 9 nitrogen and oxygen atoms in total. The molecule has 0 saturated heterocycles. The van der Waals surface area contributed by atoms with Gasteiger partial charge in [-0.1, -0.05) is 48.5 Å². The zero-order valence-corrected chi connectivity index (χ0v) is 19.9. The molecule has 0 bridgehead atoms. The van der Waals surface area contributed by atoms with E-state index in [2.05, 4.69) is 34.6 Å². The summed E-state index contributed by atoms with van der Waals surface area (Å²) in [4.78, 5) is 41.7. The van der Waals surface area contributed by atoms with Crippen molar-refractivity contribution < 1.29 is 29.0 Å². The average Bonchev–Trinajstić information content (AvgIpc) is 3.46. The summed E-state index contributed by atoms with van der Waals surface area (Å²) in [5.41, 5.74) is 4.56. The lowest BCUT2D eigenvalue weighted by molar-refractivity contribution is -0.137. The lowest BCUT2D eigenvalue weighted by Gasteiger charge is -2.19. The quantitative estimate of drug-likeness (QED) is 0.443. The van der Waals surface area contributed by atoms with E-state index in [1.807, 2.05) is 24.3 Å². The number of aromatic nitrogens is 1. The number of hydrogen-bond donors (Lipinski definition) is 2. The van der Waals surface area contributed by atoms with Crippen LogP contribution in [0.15, 0.2) is 54.7 Å². The van der Waals surface area contributed by atoms with Crippen molar-refractivity contribution >= 4 is 29.3 Å². The van der Waals surface area contributed by atoms with Gasteiger partial charge >= 0.3 is 12.1 Å². The zero-order valence-electron chi connectivity index (χ0n) is 19.1. The van der Waals surface area contributed by atoms with Gasteiger partial charge in [0.2, 0.25) is 0 Å². The Labute approximate surface area is 206 Å². The molecule has 2 N–H and O–H groups in total. The van der Waals surface area contributed by atoms with Crippen LogP contribution >= 0.6 is 11.3 Å². The maximum Gasteiger partial charge on any atom is 0.407 e. The molecule has 1 heterocycles. The molecule has 0 aliphatic heterocycles. The first-order valence-corrected chi connectivity index (χ1v) is 11.8. The van der Waals surface area contributed by atoms with Crippen molar-refractivity contribution in [1.29, 1.82) is 0 Å². The fraction of sp³-hybridized carbons (Fsp3) is 0.280. The van der Waals surface area contributed by atoms with Crippen LogP contribution in [-0.2, 0) is 20.8 Å². The molecule has 0 spiro atoms. The summed E-state index contributed by atoms with van der Waals surface area (Å²) in [6.07, 6.45) is 0.797. The number of rotatable bonds is 10. The number of methoxy groups -OCH3 is 1. The Balaban J connectivity index is 1.32. The van der Waals surface area contributed by atoms with Gasteiger partial charge in [0.1, 0.15) is 23.0 Å². The molecule has 182 valence electrons. The highest BCUT2D eigenvalue weighted by Crippen LogP contribution is 2.44. The van der Waals surface area contributed by atoms with Gasteiger partial charge in [-0.25, -0.2) is 9.78 Å². The number of hydrogen-bond acceptors (Lipinski definition) is 7. The molecule has 4 rings (SSSR count). The highest BCUT2D eigenvalue weighted by Gasteiger charge is 2.29. The molecule has 2 amide bonds. The molecule has 1 aliphatic carbocycles. The van der Waals surface area contributed by atoms with Crippen LogP contribution in [0.1, 0.15) is 31.7 Å². The lowest BCUT2D eigenvalue weighted by atomic mass is 9.98. The molecular weight excluding hydrogens is 470 g/mol. The zero-order chi connectivity index (χ0) is 24.8. The van der Waals surface area contributed by atoms with E-state index in [-0.39, 0.29) is 37.1 Å². The van der Waals surface area contributed by atoms with Crippen molar-refractivity contribution in [2.75, 3.05) is 33.4 Å². The number of fused-ring (bicyclic) bond motifs is 3. The van der Waals surface area contributed by atoms with Gasteiger partial charge in [0.25, 0.3) is 5.91 Å². The molecular formula is C25H25N3O6S. The Kier molecular flexibility index (Phi) is 7.74. The monoisotopic (exact) mass is 495 g/mol. The molecule has 10 heteroatoms. The highest BCUT2D eigenvalue weighted by molar-refractivity contribution is 7.13. The van der Waals surface area contributed by atoms with Crippen molar-refractivity contribution in [3.05, 3.63) is 75.7 Å². The van der Waals surface area contributed by atoms with Gasteiger partial charge in [-0.05, 0) is 22.3 Å². The van der Waals surface area contributed by atoms with Crippen LogP contribution in [-0.4, -0.2) is 66.4 Å². The summed E-state index contributed by atoms with van der Waals surface area (Å²) in [6.45, 7) is 0.213. The van der Waals surface area contributed by atoms with E-state index in [0.29, 0.717) is 5.01 Å². The number of nitrogens with one attached hydrogen (secondary N) is 1. The molecule has 1 aliphatic rings. The van der Waals surface area contributed by atoms with Gasteiger partial charge in [-0.3, -0.25) is 9.59 Å². The maximum atomic E-state index is 12.7. The van der Waals surface area contributed by atoms with Crippen molar-refractivity contribution in [3.8, 4) is 11.1 Å². The molecule has 0 saturated carbocycles. The number of ether oxygens (including phenoxy) is 2. The number of carboxylic acids is 1. The van der Waals surface area contributed by atoms with Crippen molar-refractivity contribution in [1.82, 2.24) is 15.2 Å². The van der Waals surface area contributed by atoms with Crippen LogP contribution in [0, 0.1) is 0 Å². The third-order valence-corrected chi connectivity index (χ3v) is 6.66. The second-order valence-electron chi connectivity index (χ2n) is 7.91. The largest absolute Gasteiger partial charge is 0.480 e. The third-order valence-electron chi connectivity index (χ3n) is 5.67. The highest BCUT2D eigenvalue weighted by atomic mass is 32.1. The molecule has 0 radical (unpaired) electrons. The van der Waals surface area contributed by atoms with Crippen molar-refractivity contribution in [3.63, 3.8) is 0 Å². The standard InChI is InChI=1S/C25H25N3O6S/c1-33-11-10-28(14-23(29)30)24(31)21-12-26-22(35-21)13-27-25(32)34-15-20-18-8-4-2-6-16(18)17-7-3-5-9-19(17)20/h2-9,12,20H,10-11,13-15H2,1H3,(H,27,32)(H,29,30). The minimum atomic E-state index is -1.11. The van der Waals surface area contributed by atoms with Gasteiger partial charge in [0.15, 0.2) is 0 Å². The fourth-order valence-corrected chi connectivity index (χ4v) is 4.89. The summed E-state index contributed by atoms with van der Waals surface area (Å²) in [5, 5.41) is 12.2. The predicted molar refractivity (Wildman–Crippen MR) is 129 cm³/mol. The van der Waals surface area contributed by atoms with Gasteiger partial charge in [-0.2, -0.15) is 0 Å². The second-order valence-corrected chi connectivity index (χ2v) is 9.03. The number of nitrogens with zero attached hydrogens (tertiary/aromatic N) is 2. The van der Waals surface area contributed by atoms with Gasteiger partial charge < -0.3 is 24.8 Å². The Hall–Kier alpha value is -3.76. The first-order valence-electron chi connectivity index (χ1n) is 11.0. The first kappa shape index (κ1) is 24.4. The normalized spacial score (nSPS) is 12.0. The topological polar surface area (TPSA) is 118 Å². The number of alkyl carbamates (subject to hydrolysis) is 1. The smallest absolute Gasteiger partial charge is 0.407 e. The molecule has 0 unspecified atom stereocenters. The summed E-state index contributed by atoms with van der Waals surface area (Å²) in [7, 11) is 1.48. The molecule has 0 atom stereocenters. The number of carbonyl (C=O) groups is 3.